The molecule has 0 N–H and O–H groups in total. The Morgan fingerprint density at radius 3 is 1.38 bits per heavy atom. The van der Waals surface area contributed by atoms with Crippen molar-refractivity contribution in [2.24, 2.45) is 5.92 Å². The zero-order valence-corrected chi connectivity index (χ0v) is 15.1. The summed E-state index contributed by atoms with van der Waals surface area (Å²) in [6, 6.07) is 0. The molecular weight excluding hydrogens is 264 g/mol. The molecule has 0 heterocycles. The van der Waals surface area contributed by atoms with Crippen molar-refractivity contribution in [3.63, 3.8) is 0 Å². The molecule has 0 aromatic heterocycles. The monoisotopic (exact) mass is 302 g/mol. The van der Waals surface area contributed by atoms with Crippen molar-refractivity contribution in [1.82, 2.24) is 0 Å². The number of ether oxygens (including phenoxy) is 3. The highest BCUT2D eigenvalue weighted by atomic mass is 16.9. The van der Waals surface area contributed by atoms with E-state index in [1.165, 1.54) is 0 Å². The highest BCUT2D eigenvalue weighted by Crippen LogP contribution is 2.27. The van der Waals surface area contributed by atoms with E-state index in [0.717, 1.165) is 51.4 Å². The standard InChI is InChI=1S/C18H38O3/c1-6-10-13-19-18(16-17(5)9-4,20-14-11-7-2)21-15-12-8-3/h17H,6-16H2,1-5H3. The van der Waals surface area contributed by atoms with Crippen LogP contribution in [0.5, 0.6) is 0 Å². The van der Waals surface area contributed by atoms with Gasteiger partial charge in [0, 0.05) is 6.42 Å². The summed E-state index contributed by atoms with van der Waals surface area (Å²) < 4.78 is 18.3. The second-order valence-corrected chi connectivity index (χ2v) is 6.01. The molecule has 3 heteroatoms. The van der Waals surface area contributed by atoms with E-state index < -0.39 is 5.97 Å². The molecule has 21 heavy (non-hydrogen) atoms. The van der Waals surface area contributed by atoms with E-state index >= 15 is 0 Å². The summed E-state index contributed by atoms with van der Waals surface area (Å²) in [5.41, 5.74) is 0. The first-order chi connectivity index (χ1) is 10.1. The van der Waals surface area contributed by atoms with Crippen LogP contribution in [0.3, 0.4) is 0 Å². The zero-order valence-electron chi connectivity index (χ0n) is 15.1. The number of hydrogen-bond donors (Lipinski definition) is 0. The maximum absolute atomic E-state index is 6.09. The van der Waals surface area contributed by atoms with Gasteiger partial charge in [0.2, 0.25) is 0 Å². The van der Waals surface area contributed by atoms with Crippen molar-refractivity contribution in [2.75, 3.05) is 19.8 Å². The van der Waals surface area contributed by atoms with Gasteiger partial charge < -0.3 is 14.2 Å². The largest absolute Gasteiger partial charge is 0.327 e. The average Bonchev–Trinajstić information content (AvgIpc) is 2.48. The topological polar surface area (TPSA) is 27.7 Å². The molecule has 0 aliphatic rings. The van der Waals surface area contributed by atoms with E-state index in [-0.39, 0.29) is 0 Å². The minimum Gasteiger partial charge on any atom is -0.327 e. The highest BCUT2D eigenvalue weighted by Gasteiger charge is 2.34. The van der Waals surface area contributed by atoms with E-state index in [1.807, 2.05) is 0 Å². The highest BCUT2D eigenvalue weighted by molar-refractivity contribution is 4.64. The Bertz CT molecular complexity index is 192. The lowest BCUT2D eigenvalue weighted by Crippen LogP contribution is -2.42. The van der Waals surface area contributed by atoms with E-state index in [2.05, 4.69) is 34.6 Å². The Hall–Kier alpha value is -0.120. The van der Waals surface area contributed by atoms with E-state index in [0.29, 0.717) is 25.7 Å². The molecule has 0 saturated carbocycles. The average molecular weight is 302 g/mol. The van der Waals surface area contributed by atoms with Crippen LogP contribution in [0.1, 0.15) is 86.0 Å². The molecule has 0 saturated heterocycles. The smallest absolute Gasteiger partial charge is 0.283 e. The van der Waals surface area contributed by atoms with Crippen LogP contribution in [0.2, 0.25) is 0 Å². The molecule has 0 aromatic carbocycles. The Labute approximate surface area is 132 Å². The van der Waals surface area contributed by atoms with E-state index in [9.17, 15) is 0 Å². The summed E-state index contributed by atoms with van der Waals surface area (Å²) in [6.07, 6.45) is 8.48. The van der Waals surface area contributed by atoms with Gasteiger partial charge in [-0.1, -0.05) is 60.3 Å². The second kappa shape index (κ2) is 13.5. The van der Waals surface area contributed by atoms with Crippen LogP contribution in [0.4, 0.5) is 0 Å². The van der Waals surface area contributed by atoms with Crippen LogP contribution >= 0.6 is 0 Å². The molecule has 0 amide bonds. The van der Waals surface area contributed by atoms with Gasteiger partial charge in [0.05, 0.1) is 19.8 Å². The van der Waals surface area contributed by atoms with Crippen LogP contribution in [-0.4, -0.2) is 25.8 Å². The molecule has 0 aliphatic heterocycles. The van der Waals surface area contributed by atoms with Crippen molar-refractivity contribution in [1.29, 1.82) is 0 Å². The predicted octanol–water partition coefficient (Wildman–Crippen LogP) is 5.53. The van der Waals surface area contributed by atoms with Crippen LogP contribution in [0, 0.1) is 5.92 Å². The lowest BCUT2D eigenvalue weighted by Gasteiger charge is -2.35. The van der Waals surface area contributed by atoms with Gasteiger partial charge in [0.15, 0.2) is 0 Å². The second-order valence-electron chi connectivity index (χ2n) is 6.01. The maximum Gasteiger partial charge on any atom is 0.283 e. The Morgan fingerprint density at radius 1 is 0.714 bits per heavy atom. The fraction of sp³-hybridized carbons (Fsp3) is 1.00. The first kappa shape index (κ1) is 20.9. The van der Waals surface area contributed by atoms with E-state index in [1.54, 1.807) is 0 Å². The van der Waals surface area contributed by atoms with Crippen molar-refractivity contribution >= 4 is 0 Å². The third kappa shape index (κ3) is 10.3. The molecule has 0 bridgehead atoms. The summed E-state index contributed by atoms with van der Waals surface area (Å²) in [5.74, 6) is -0.288. The van der Waals surface area contributed by atoms with Gasteiger partial charge in [-0.15, -0.1) is 0 Å². The molecule has 1 atom stereocenters. The molecule has 0 aliphatic carbocycles. The third-order valence-corrected chi connectivity index (χ3v) is 3.75. The van der Waals surface area contributed by atoms with Crippen molar-refractivity contribution in [3.8, 4) is 0 Å². The van der Waals surface area contributed by atoms with Crippen molar-refractivity contribution in [2.45, 2.75) is 92.0 Å². The lowest BCUT2D eigenvalue weighted by molar-refractivity contribution is -0.387. The molecule has 1 unspecified atom stereocenters. The number of rotatable bonds is 15. The Balaban J connectivity index is 4.69. The lowest BCUT2D eigenvalue weighted by atomic mass is 10.0. The van der Waals surface area contributed by atoms with Gasteiger partial charge in [0.1, 0.15) is 0 Å². The first-order valence-electron chi connectivity index (χ1n) is 9.05. The fourth-order valence-corrected chi connectivity index (χ4v) is 1.99. The van der Waals surface area contributed by atoms with Crippen LogP contribution < -0.4 is 0 Å². The minimum absolute atomic E-state index is 0.537. The molecule has 128 valence electrons. The summed E-state index contributed by atoms with van der Waals surface area (Å²) in [6.45, 7) is 13.1. The zero-order chi connectivity index (χ0) is 16.0. The van der Waals surface area contributed by atoms with Gasteiger partial charge in [-0.2, -0.15) is 0 Å². The first-order valence-corrected chi connectivity index (χ1v) is 9.05. The summed E-state index contributed by atoms with van der Waals surface area (Å²) in [7, 11) is 0. The quantitative estimate of drug-likeness (QED) is 0.294. The van der Waals surface area contributed by atoms with Crippen LogP contribution in [0.25, 0.3) is 0 Å². The van der Waals surface area contributed by atoms with Gasteiger partial charge in [-0.05, 0) is 25.2 Å². The van der Waals surface area contributed by atoms with Gasteiger partial charge in [-0.3, -0.25) is 0 Å². The van der Waals surface area contributed by atoms with Crippen LogP contribution in [-0.2, 0) is 14.2 Å². The van der Waals surface area contributed by atoms with Crippen molar-refractivity contribution < 1.29 is 14.2 Å². The molecule has 0 radical (unpaired) electrons. The molecule has 0 fully saturated rings. The van der Waals surface area contributed by atoms with Gasteiger partial charge in [-0.25, -0.2) is 0 Å². The molecule has 0 aromatic rings. The third-order valence-electron chi connectivity index (χ3n) is 3.75. The maximum atomic E-state index is 6.09. The minimum atomic E-state index is -0.824. The Morgan fingerprint density at radius 2 is 1.10 bits per heavy atom. The SMILES string of the molecule is CCCCOC(CC(C)CC)(OCCCC)OCCCC. The summed E-state index contributed by atoms with van der Waals surface area (Å²) in [4.78, 5) is 0. The van der Waals surface area contributed by atoms with Gasteiger partial charge in [0.25, 0.3) is 5.97 Å². The molecular formula is C18H38O3. The van der Waals surface area contributed by atoms with Gasteiger partial charge >= 0.3 is 0 Å². The molecule has 0 spiro atoms. The predicted molar refractivity (Wildman–Crippen MR) is 89.4 cm³/mol. The normalized spacial score (nSPS) is 13.6. The number of unbranched alkanes of at least 4 members (excludes halogenated alkanes) is 3. The van der Waals surface area contributed by atoms with Crippen molar-refractivity contribution in [3.05, 3.63) is 0 Å². The Kier molecular flexibility index (Phi) is 13.5. The number of hydrogen-bond acceptors (Lipinski definition) is 3. The van der Waals surface area contributed by atoms with E-state index in [4.69, 9.17) is 14.2 Å². The summed E-state index contributed by atoms with van der Waals surface area (Å²) in [5, 5.41) is 0. The van der Waals surface area contributed by atoms with Crippen LogP contribution in [0.15, 0.2) is 0 Å². The summed E-state index contributed by atoms with van der Waals surface area (Å²) >= 11 is 0. The fourth-order valence-electron chi connectivity index (χ4n) is 1.99. The molecule has 0 rings (SSSR count). The molecule has 3 nitrogen and oxygen atoms in total.